The molecule has 21 heavy (non-hydrogen) atoms. The highest BCUT2D eigenvalue weighted by Crippen LogP contribution is 2.35. The van der Waals surface area contributed by atoms with Crippen LogP contribution in [0.2, 0.25) is 0 Å². The van der Waals surface area contributed by atoms with Crippen molar-refractivity contribution in [1.29, 1.82) is 0 Å². The maximum atomic E-state index is 11.8. The summed E-state index contributed by atoms with van der Waals surface area (Å²) >= 11 is 0. The van der Waals surface area contributed by atoms with E-state index in [2.05, 4.69) is 41.8 Å². The minimum atomic E-state index is 0.793. The van der Waals surface area contributed by atoms with Gasteiger partial charge in [-0.05, 0) is 29.8 Å². The fourth-order valence-electron chi connectivity index (χ4n) is 3.37. The average Bonchev–Trinajstić information content (AvgIpc) is 2.86. The van der Waals surface area contributed by atoms with E-state index < -0.39 is 0 Å². The molecule has 4 aromatic rings. The summed E-state index contributed by atoms with van der Waals surface area (Å²) in [7, 11) is 0. The Bertz CT molecular complexity index is 995. The van der Waals surface area contributed by atoms with Crippen molar-refractivity contribution >= 4 is 38.9 Å². The normalized spacial score (nSPS) is 11.5. The highest BCUT2D eigenvalue weighted by molar-refractivity contribution is 6.19. The van der Waals surface area contributed by atoms with Crippen LogP contribution < -0.4 is 0 Å². The Morgan fingerprint density at radius 1 is 0.952 bits per heavy atom. The number of benzene rings is 3. The molecule has 0 spiro atoms. The quantitative estimate of drug-likeness (QED) is 0.482. The van der Waals surface area contributed by atoms with Gasteiger partial charge in [-0.15, -0.1) is 0 Å². The van der Waals surface area contributed by atoms with Gasteiger partial charge in [0.15, 0.2) is 6.29 Å². The number of rotatable bonds is 2. The second kappa shape index (κ2) is 4.45. The van der Waals surface area contributed by atoms with Gasteiger partial charge in [0.2, 0.25) is 0 Å². The van der Waals surface area contributed by atoms with E-state index in [0.717, 1.165) is 40.1 Å². The molecule has 1 aromatic heterocycles. The molecule has 0 aliphatic heterocycles. The molecule has 0 unspecified atom stereocenters. The lowest BCUT2D eigenvalue weighted by Gasteiger charge is -2.08. The van der Waals surface area contributed by atoms with E-state index >= 15 is 0 Å². The van der Waals surface area contributed by atoms with Crippen LogP contribution in [0.25, 0.3) is 32.6 Å². The first-order valence-electron chi connectivity index (χ1n) is 7.23. The molecule has 0 amide bonds. The fraction of sp³-hybridized carbons (Fsp3) is 0.105. The monoisotopic (exact) mass is 273 g/mol. The molecular formula is C19H15NO. The second-order valence-corrected chi connectivity index (χ2v) is 5.29. The van der Waals surface area contributed by atoms with Crippen molar-refractivity contribution in [1.82, 2.24) is 4.57 Å². The lowest BCUT2D eigenvalue weighted by Crippen LogP contribution is -1.97. The first-order chi connectivity index (χ1) is 10.3. The van der Waals surface area contributed by atoms with Crippen molar-refractivity contribution in [3.8, 4) is 0 Å². The van der Waals surface area contributed by atoms with E-state index in [4.69, 9.17) is 0 Å². The van der Waals surface area contributed by atoms with Crippen LogP contribution in [0.15, 0.2) is 54.6 Å². The summed E-state index contributed by atoms with van der Waals surface area (Å²) in [5.74, 6) is 0. The molecule has 2 heteroatoms. The van der Waals surface area contributed by atoms with Crippen LogP contribution in [-0.4, -0.2) is 10.9 Å². The Balaban J connectivity index is 2.38. The zero-order valence-electron chi connectivity index (χ0n) is 11.8. The zero-order chi connectivity index (χ0) is 14.4. The van der Waals surface area contributed by atoms with E-state index in [0.29, 0.717) is 0 Å². The molecule has 3 aromatic carbocycles. The summed E-state index contributed by atoms with van der Waals surface area (Å²) in [5.41, 5.74) is 3.03. The molecular weight excluding hydrogens is 258 g/mol. The van der Waals surface area contributed by atoms with Gasteiger partial charge in [-0.1, -0.05) is 42.5 Å². The Hall–Kier alpha value is -2.61. The van der Waals surface area contributed by atoms with Crippen LogP contribution in [0.3, 0.4) is 0 Å². The van der Waals surface area contributed by atoms with E-state index in [1.54, 1.807) is 0 Å². The Morgan fingerprint density at radius 3 is 2.43 bits per heavy atom. The Labute approximate surface area is 122 Å². The summed E-state index contributed by atoms with van der Waals surface area (Å²) in [6.07, 6.45) is 0.996. The van der Waals surface area contributed by atoms with Crippen molar-refractivity contribution in [2.75, 3.05) is 0 Å². The first-order valence-corrected chi connectivity index (χ1v) is 7.23. The van der Waals surface area contributed by atoms with E-state index in [9.17, 15) is 4.79 Å². The molecule has 2 nitrogen and oxygen atoms in total. The number of carbonyl (C=O) groups excluding carboxylic acids is 1. The third kappa shape index (κ3) is 1.56. The largest absolute Gasteiger partial charge is 0.340 e. The summed E-state index contributed by atoms with van der Waals surface area (Å²) in [6.45, 7) is 2.97. The number of fused-ring (bicyclic) bond motifs is 4. The van der Waals surface area contributed by atoms with Gasteiger partial charge in [0.25, 0.3) is 0 Å². The number of hydrogen-bond acceptors (Lipinski definition) is 1. The summed E-state index contributed by atoms with van der Waals surface area (Å²) < 4.78 is 2.24. The summed E-state index contributed by atoms with van der Waals surface area (Å²) in [4.78, 5) is 11.8. The molecule has 102 valence electrons. The van der Waals surface area contributed by atoms with Gasteiger partial charge in [0.05, 0.1) is 5.52 Å². The number of aldehydes is 1. The predicted molar refractivity (Wildman–Crippen MR) is 88.0 cm³/mol. The molecule has 0 aliphatic rings. The number of carbonyl (C=O) groups is 1. The fourth-order valence-corrected chi connectivity index (χ4v) is 3.37. The highest BCUT2D eigenvalue weighted by Gasteiger charge is 2.15. The average molecular weight is 273 g/mol. The van der Waals surface area contributed by atoms with Gasteiger partial charge in [-0.2, -0.15) is 0 Å². The van der Waals surface area contributed by atoms with Crippen LogP contribution in [0.5, 0.6) is 0 Å². The Kier molecular flexibility index (Phi) is 2.58. The van der Waals surface area contributed by atoms with Crippen molar-refractivity contribution in [2.24, 2.45) is 0 Å². The van der Waals surface area contributed by atoms with Crippen molar-refractivity contribution in [3.63, 3.8) is 0 Å². The molecule has 0 bridgehead atoms. The highest BCUT2D eigenvalue weighted by atomic mass is 16.1. The van der Waals surface area contributed by atoms with Crippen molar-refractivity contribution in [3.05, 3.63) is 60.2 Å². The SMILES string of the molecule is CCn1c2ccccc2c2cc3ccccc3c(C=O)c21. The molecule has 0 N–H and O–H groups in total. The molecule has 1 heterocycles. The van der Waals surface area contributed by atoms with E-state index in [1.165, 1.54) is 10.9 Å². The van der Waals surface area contributed by atoms with Crippen LogP contribution >= 0.6 is 0 Å². The number of para-hydroxylation sites is 1. The zero-order valence-corrected chi connectivity index (χ0v) is 11.8. The maximum Gasteiger partial charge on any atom is 0.152 e. The van der Waals surface area contributed by atoms with Gasteiger partial charge >= 0.3 is 0 Å². The van der Waals surface area contributed by atoms with E-state index in [-0.39, 0.29) is 0 Å². The van der Waals surface area contributed by atoms with Crippen LogP contribution in [-0.2, 0) is 6.54 Å². The first kappa shape index (κ1) is 12.2. The molecule has 0 radical (unpaired) electrons. The van der Waals surface area contributed by atoms with Crippen LogP contribution in [0.1, 0.15) is 17.3 Å². The number of hydrogen-bond donors (Lipinski definition) is 0. The number of aryl methyl sites for hydroxylation is 1. The van der Waals surface area contributed by atoms with Gasteiger partial charge < -0.3 is 4.57 Å². The number of nitrogens with zero attached hydrogens (tertiary/aromatic N) is 1. The summed E-state index contributed by atoms with van der Waals surface area (Å²) in [5, 5.41) is 4.51. The predicted octanol–water partition coefficient (Wildman–Crippen LogP) is 4.78. The van der Waals surface area contributed by atoms with Crippen molar-refractivity contribution < 1.29 is 4.79 Å². The van der Waals surface area contributed by atoms with Crippen LogP contribution in [0, 0.1) is 0 Å². The lowest BCUT2D eigenvalue weighted by atomic mass is 10.0. The Morgan fingerprint density at radius 2 is 1.67 bits per heavy atom. The third-order valence-corrected chi connectivity index (χ3v) is 4.25. The van der Waals surface area contributed by atoms with Crippen LogP contribution in [0.4, 0.5) is 0 Å². The van der Waals surface area contributed by atoms with Crippen molar-refractivity contribution in [2.45, 2.75) is 13.5 Å². The number of aromatic nitrogens is 1. The summed E-state index contributed by atoms with van der Waals surface area (Å²) in [6, 6.07) is 18.7. The van der Waals surface area contributed by atoms with Gasteiger partial charge in [0, 0.05) is 28.4 Å². The van der Waals surface area contributed by atoms with Gasteiger partial charge in [0.1, 0.15) is 0 Å². The molecule has 0 saturated heterocycles. The minimum Gasteiger partial charge on any atom is -0.340 e. The maximum absolute atomic E-state index is 11.8. The molecule has 0 fully saturated rings. The van der Waals surface area contributed by atoms with Gasteiger partial charge in [-0.3, -0.25) is 4.79 Å². The molecule has 0 atom stereocenters. The minimum absolute atomic E-state index is 0.793. The molecule has 4 rings (SSSR count). The topological polar surface area (TPSA) is 22.0 Å². The standard InChI is InChI=1S/C19H15NO/c1-2-20-18-10-6-5-9-15(18)16-11-13-7-3-4-8-14(13)17(12-21)19(16)20/h3-12H,2H2,1H3. The van der Waals surface area contributed by atoms with Gasteiger partial charge in [-0.25, -0.2) is 0 Å². The molecule has 0 saturated carbocycles. The second-order valence-electron chi connectivity index (χ2n) is 5.29. The lowest BCUT2D eigenvalue weighted by molar-refractivity contribution is 0.112. The third-order valence-electron chi connectivity index (χ3n) is 4.25. The molecule has 0 aliphatic carbocycles. The van der Waals surface area contributed by atoms with E-state index in [1.807, 2.05) is 24.3 Å². The smallest absolute Gasteiger partial charge is 0.152 e.